The molecule has 1 fully saturated rings. The Balaban J connectivity index is 1.32. The highest BCUT2D eigenvalue weighted by Crippen LogP contribution is 2.52. The molecule has 35 heavy (non-hydrogen) atoms. The van der Waals surface area contributed by atoms with Crippen LogP contribution in [0.3, 0.4) is 0 Å². The van der Waals surface area contributed by atoms with Crippen molar-refractivity contribution in [2.45, 2.75) is 24.9 Å². The molecule has 0 radical (unpaired) electrons. The van der Waals surface area contributed by atoms with Crippen LogP contribution in [0.25, 0.3) is 9.40 Å². The van der Waals surface area contributed by atoms with E-state index in [-0.39, 0.29) is 18.0 Å². The molecule has 4 aromatic rings. The van der Waals surface area contributed by atoms with Crippen LogP contribution >= 0.6 is 45.8 Å². The largest absolute Gasteiger partial charge is 0.481 e. The fourth-order valence-corrected chi connectivity index (χ4v) is 6.79. The second-order valence-corrected chi connectivity index (χ2v) is 11.3. The Bertz CT molecular complexity index is 1550. The van der Waals surface area contributed by atoms with Gasteiger partial charge in [0, 0.05) is 20.8 Å². The average Bonchev–Trinajstić information content (AvgIpc) is 3.23. The Labute approximate surface area is 216 Å². The molecule has 1 saturated carbocycles. The second kappa shape index (κ2) is 9.33. The first-order valence-electron chi connectivity index (χ1n) is 10.3. The van der Waals surface area contributed by atoms with Gasteiger partial charge in [-0.3, -0.25) is 10.1 Å². The molecule has 2 N–H and O–H groups in total. The van der Waals surface area contributed by atoms with Crippen LogP contribution in [0.2, 0.25) is 5.02 Å². The molecule has 11 heteroatoms. The minimum Gasteiger partial charge on any atom is -0.481 e. The Morgan fingerprint density at radius 1 is 1.23 bits per heavy atom. The van der Waals surface area contributed by atoms with Crippen molar-refractivity contribution >= 4 is 73.0 Å². The third-order valence-electron chi connectivity index (χ3n) is 5.49. The van der Waals surface area contributed by atoms with Gasteiger partial charge in [-0.15, -0.1) is 22.7 Å². The van der Waals surface area contributed by atoms with Gasteiger partial charge < -0.3 is 9.84 Å². The lowest BCUT2D eigenvalue weighted by molar-refractivity contribution is -0.139. The van der Waals surface area contributed by atoms with Gasteiger partial charge in [0.15, 0.2) is 5.69 Å². The smallest absolute Gasteiger partial charge is 0.412 e. The van der Waals surface area contributed by atoms with E-state index >= 15 is 0 Å². The molecular formula is C24H14ClN3O4S3. The van der Waals surface area contributed by atoms with E-state index in [2.05, 4.69) is 21.5 Å². The zero-order chi connectivity index (χ0) is 24.6. The summed E-state index contributed by atoms with van der Waals surface area (Å²) in [5.74, 6) is 5.27. The lowest BCUT2D eigenvalue weighted by Gasteiger charge is -2.07. The van der Waals surface area contributed by atoms with Crippen molar-refractivity contribution in [1.82, 2.24) is 4.37 Å². The molecule has 0 saturated heterocycles. The van der Waals surface area contributed by atoms with Gasteiger partial charge in [-0.05, 0) is 54.4 Å². The summed E-state index contributed by atoms with van der Waals surface area (Å²) in [6.45, 7) is -0.0247. The third-order valence-corrected chi connectivity index (χ3v) is 9.13. The molecule has 0 spiro atoms. The lowest BCUT2D eigenvalue weighted by Crippen LogP contribution is -2.17. The number of carboxylic acid groups (broad SMARTS) is 1. The fraction of sp³-hybridized carbons (Fsp3) is 0.167. The molecule has 1 amide bonds. The molecular weight excluding hydrogens is 526 g/mol. The van der Waals surface area contributed by atoms with Crippen LogP contribution < -0.4 is 5.32 Å². The number of benzene rings is 1. The van der Waals surface area contributed by atoms with Gasteiger partial charge in [-0.25, -0.2) is 4.79 Å². The normalized spacial score (nSPS) is 13.5. The van der Waals surface area contributed by atoms with E-state index in [9.17, 15) is 20.0 Å². The molecule has 5 rings (SSSR count). The van der Waals surface area contributed by atoms with Crippen LogP contribution in [0.1, 0.15) is 38.7 Å². The topological polar surface area (TPSA) is 112 Å². The van der Waals surface area contributed by atoms with Gasteiger partial charge in [0.1, 0.15) is 28.7 Å². The summed E-state index contributed by atoms with van der Waals surface area (Å²) in [6, 6.07) is 12.8. The van der Waals surface area contributed by atoms with Crippen molar-refractivity contribution in [3.63, 3.8) is 0 Å². The SMILES string of the molecule is N#Cc1nsc(C#Cc2cc3cc(C4(C(=O)O)CC4)sc3s2)c1NC(=O)OCc1ccccc1Cl. The number of carbonyl (C=O) groups excluding carboxylic acids is 1. The highest BCUT2D eigenvalue weighted by Gasteiger charge is 2.53. The Kier molecular flexibility index (Phi) is 6.22. The third kappa shape index (κ3) is 4.62. The van der Waals surface area contributed by atoms with Crippen molar-refractivity contribution < 1.29 is 19.4 Å². The Morgan fingerprint density at radius 3 is 2.71 bits per heavy atom. The number of thiophene rings is 2. The Hall–Kier alpha value is -3.41. The highest BCUT2D eigenvalue weighted by molar-refractivity contribution is 7.38. The fourth-order valence-electron chi connectivity index (χ4n) is 3.41. The van der Waals surface area contributed by atoms with Gasteiger partial charge in [0.05, 0.1) is 8.89 Å². The van der Waals surface area contributed by atoms with Gasteiger partial charge in [-0.1, -0.05) is 29.8 Å². The summed E-state index contributed by atoms with van der Waals surface area (Å²) in [5, 5.41) is 22.9. The number of anilines is 1. The monoisotopic (exact) mass is 539 g/mol. The van der Waals surface area contributed by atoms with Crippen molar-refractivity contribution in [1.29, 1.82) is 5.26 Å². The predicted octanol–water partition coefficient (Wildman–Crippen LogP) is 6.21. The summed E-state index contributed by atoms with van der Waals surface area (Å²) in [4.78, 5) is 26.0. The molecule has 1 aliphatic carbocycles. The van der Waals surface area contributed by atoms with E-state index in [0.717, 1.165) is 30.7 Å². The second-order valence-electron chi connectivity index (χ2n) is 7.74. The number of aromatic nitrogens is 1. The number of nitriles is 1. The van der Waals surface area contributed by atoms with Crippen LogP contribution in [0.4, 0.5) is 10.5 Å². The summed E-state index contributed by atoms with van der Waals surface area (Å²) >= 11 is 10.1. The van der Waals surface area contributed by atoms with Crippen LogP contribution in [0, 0.1) is 23.2 Å². The number of nitrogens with one attached hydrogen (secondary N) is 1. The first-order valence-corrected chi connectivity index (χ1v) is 13.0. The van der Waals surface area contributed by atoms with E-state index < -0.39 is 17.5 Å². The number of carbonyl (C=O) groups is 2. The van der Waals surface area contributed by atoms with Crippen LogP contribution in [-0.2, 0) is 21.6 Å². The maximum Gasteiger partial charge on any atom is 0.412 e. The van der Waals surface area contributed by atoms with Crippen molar-refractivity contribution in [2.75, 3.05) is 5.32 Å². The number of nitrogens with zero attached hydrogens (tertiary/aromatic N) is 2. The first-order chi connectivity index (χ1) is 16.9. The van der Waals surface area contributed by atoms with E-state index in [1.807, 2.05) is 18.2 Å². The molecule has 0 bridgehead atoms. The Morgan fingerprint density at radius 2 is 2.03 bits per heavy atom. The zero-order valence-corrected chi connectivity index (χ0v) is 21.0. The average molecular weight is 540 g/mol. The van der Waals surface area contributed by atoms with Crippen LogP contribution in [0.15, 0.2) is 36.4 Å². The molecule has 0 atom stereocenters. The minimum absolute atomic E-state index is 0.0247. The number of carboxylic acids is 1. The minimum atomic E-state index is -0.768. The van der Waals surface area contributed by atoms with E-state index in [0.29, 0.717) is 28.3 Å². The van der Waals surface area contributed by atoms with Gasteiger partial charge in [0.2, 0.25) is 0 Å². The number of ether oxygens (including phenoxy) is 1. The molecule has 1 aromatic carbocycles. The number of rotatable bonds is 5. The number of fused-ring (bicyclic) bond motifs is 1. The standard InChI is InChI=1S/C24H14ClN3O4S3/c25-16-4-2-1-3-13(16)12-32-23(31)27-20-17(11-26)28-35-18(20)6-5-15-9-14-10-19(34-21(14)33-15)24(7-8-24)22(29)30/h1-4,9-10H,7-8,12H2,(H,27,31)(H,29,30). The number of hydrogen-bond donors (Lipinski definition) is 2. The van der Waals surface area contributed by atoms with Crippen molar-refractivity contribution in [2.24, 2.45) is 0 Å². The first kappa shape index (κ1) is 23.3. The lowest BCUT2D eigenvalue weighted by atomic mass is 10.1. The summed E-state index contributed by atoms with van der Waals surface area (Å²) in [5.41, 5.74) is 0.193. The maximum atomic E-state index is 12.3. The zero-order valence-electron chi connectivity index (χ0n) is 17.8. The highest BCUT2D eigenvalue weighted by atomic mass is 35.5. The number of halogens is 1. The molecule has 0 aliphatic heterocycles. The van der Waals surface area contributed by atoms with Crippen molar-refractivity contribution in [3.05, 3.63) is 67.3 Å². The van der Waals surface area contributed by atoms with Crippen molar-refractivity contribution in [3.8, 4) is 17.9 Å². The summed E-state index contributed by atoms with van der Waals surface area (Å²) < 4.78 is 10.3. The molecule has 3 aromatic heterocycles. The van der Waals surface area contributed by atoms with E-state index in [1.165, 1.54) is 22.7 Å². The maximum absolute atomic E-state index is 12.3. The van der Waals surface area contributed by atoms with Crippen LogP contribution in [-0.4, -0.2) is 21.5 Å². The molecule has 7 nitrogen and oxygen atoms in total. The molecule has 0 unspecified atom stereocenters. The quantitative estimate of drug-likeness (QED) is 0.292. The van der Waals surface area contributed by atoms with E-state index in [4.69, 9.17) is 16.3 Å². The molecule has 174 valence electrons. The summed E-state index contributed by atoms with van der Waals surface area (Å²) in [6.07, 6.45) is 0.596. The van der Waals surface area contributed by atoms with Gasteiger partial charge >= 0.3 is 12.1 Å². The number of aliphatic carboxylic acids is 1. The van der Waals surface area contributed by atoms with Crippen LogP contribution in [0.5, 0.6) is 0 Å². The molecule has 1 aliphatic rings. The van der Waals surface area contributed by atoms with E-state index in [1.54, 1.807) is 24.3 Å². The van der Waals surface area contributed by atoms with Gasteiger partial charge in [0.25, 0.3) is 0 Å². The van der Waals surface area contributed by atoms with Gasteiger partial charge in [-0.2, -0.15) is 9.64 Å². The number of hydrogen-bond acceptors (Lipinski definition) is 8. The predicted molar refractivity (Wildman–Crippen MR) is 136 cm³/mol. The number of amides is 1. The molecule has 3 heterocycles. The summed E-state index contributed by atoms with van der Waals surface area (Å²) in [7, 11) is 0.